The number of aromatic nitrogens is 2. The fourth-order valence-electron chi connectivity index (χ4n) is 7.18. The van der Waals surface area contributed by atoms with Crippen LogP contribution in [0.25, 0.3) is 22.2 Å². The Kier molecular flexibility index (Phi) is 8.62. The van der Waals surface area contributed by atoms with Gasteiger partial charge in [-0.2, -0.15) is 5.26 Å². The van der Waals surface area contributed by atoms with Gasteiger partial charge in [0.05, 0.1) is 11.5 Å². The van der Waals surface area contributed by atoms with Gasteiger partial charge < -0.3 is 14.8 Å². The summed E-state index contributed by atoms with van der Waals surface area (Å²) in [5.74, 6) is 0.805. The van der Waals surface area contributed by atoms with Gasteiger partial charge in [0.1, 0.15) is 0 Å². The maximum atomic E-state index is 13.6. The zero-order valence-electron chi connectivity index (χ0n) is 26.9. The van der Waals surface area contributed by atoms with Crippen molar-refractivity contribution in [2.75, 3.05) is 26.2 Å². The Labute approximate surface area is 266 Å². The Morgan fingerprint density at radius 3 is 2.49 bits per heavy atom. The fourth-order valence-corrected chi connectivity index (χ4v) is 7.18. The molecule has 2 aliphatic rings. The van der Waals surface area contributed by atoms with Crippen molar-refractivity contribution in [1.29, 1.82) is 5.26 Å². The summed E-state index contributed by atoms with van der Waals surface area (Å²) in [5, 5.41) is 13.6. The van der Waals surface area contributed by atoms with Crippen LogP contribution in [0.4, 0.5) is 0 Å². The predicted molar refractivity (Wildman–Crippen MR) is 180 cm³/mol. The molecule has 0 aliphatic carbocycles. The molecule has 1 unspecified atom stereocenters. The molecule has 1 atom stereocenters. The molecule has 0 saturated carbocycles. The molecule has 0 radical (unpaired) electrons. The topological polar surface area (TPSA) is 100 Å². The van der Waals surface area contributed by atoms with Gasteiger partial charge in [0, 0.05) is 55.2 Å². The highest BCUT2D eigenvalue weighted by Gasteiger charge is 2.35. The maximum Gasteiger partial charge on any atom is 0.232 e. The number of hydrogen-bond acceptors (Lipinski definition) is 4. The first-order valence-corrected chi connectivity index (χ1v) is 16.2. The lowest BCUT2D eigenvalue weighted by atomic mass is 9.82. The minimum absolute atomic E-state index is 0.157. The Hall–Kier alpha value is -4.64. The molecule has 2 fully saturated rings. The van der Waals surface area contributed by atoms with E-state index in [9.17, 15) is 10.1 Å². The smallest absolute Gasteiger partial charge is 0.232 e. The lowest BCUT2D eigenvalue weighted by Crippen LogP contribution is -2.41. The van der Waals surface area contributed by atoms with Gasteiger partial charge >= 0.3 is 0 Å². The van der Waals surface area contributed by atoms with Crippen LogP contribution in [0.15, 0.2) is 65.9 Å². The number of pyridine rings is 1. The van der Waals surface area contributed by atoms with Crippen molar-refractivity contribution in [2.45, 2.75) is 71.3 Å². The second-order valence-corrected chi connectivity index (χ2v) is 13.1. The van der Waals surface area contributed by atoms with E-state index in [-0.39, 0.29) is 11.9 Å². The zero-order chi connectivity index (χ0) is 31.6. The number of aromatic amines is 1. The van der Waals surface area contributed by atoms with Crippen LogP contribution in [0.5, 0.6) is 0 Å². The molecule has 2 saturated heterocycles. The summed E-state index contributed by atoms with van der Waals surface area (Å²) in [6, 6.07) is 17.3. The summed E-state index contributed by atoms with van der Waals surface area (Å²) in [6.07, 6.45) is 10.6. The van der Waals surface area contributed by atoms with Crippen molar-refractivity contribution < 1.29 is 4.79 Å². The SMILES string of the molecule is Cc1cc(C)cc(-c2[nH]c3ccc(C(C)(C)C(=O)N4CCCC4)cc3c2CCN=C(NC#N)N2CCCC2c2ccncc2)c1. The number of aryl methyl sites for hydroxylation is 2. The first-order valence-electron chi connectivity index (χ1n) is 16.2. The third-order valence-electron chi connectivity index (χ3n) is 9.47. The Morgan fingerprint density at radius 2 is 1.78 bits per heavy atom. The molecule has 8 heteroatoms. The number of carbonyl (C=O) groups is 1. The van der Waals surface area contributed by atoms with Crippen LogP contribution in [0, 0.1) is 25.3 Å². The fraction of sp³-hybridized carbons (Fsp3) is 0.405. The average Bonchev–Trinajstić information content (AvgIpc) is 3.81. The van der Waals surface area contributed by atoms with Crippen LogP contribution in [-0.2, 0) is 16.6 Å². The van der Waals surface area contributed by atoms with E-state index in [1.54, 1.807) is 0 Å². The van der Waals surface area contributed by atoms with Crippen molar-refractivity contribution in [2.24, 2.45) is 4.99 Å². The first kappa shape index (κ1) is 30.4. The molecule has 2 aliphatic heterocycles. The van der Waals surface area contributed by atoms with E-state index in [1.807, 2.05) is 43.3 Å². The number of fused-ring (bicyclic) bond motifs is 1. The van der Waals surface area contributed by atoms with Crippen molar-refractivity contribution in [3.8, 4) is 17.5 Å². The molecule has 0 bridgehead atoms. The minimum Gasteiger partial charge on any atom is -0.354 e. The van der Waals surface area contributed by atoms with Crippen LogP contribution in [0.3, 0.4) is 0 Å². The molecule has 0 spiro atoms. The van der Waals surface area contributed by atoms with Gasteiger partial charge in [0.15, 0.2) is 6.19 Å². The van der Waals surface area contributed by atoms with Gasteiger partial charge in [-0.25, -0.2) is 0 Å². The van der Waals surface area contributed by atoms with E-state index in [2.05, 4.69) is 76.6 Å². The second-order valence-electron chi connectivity index (χ2n) is 13.1. The zero-order valence-corrected chi connectivity index (χ0v) is 26.9. The molecule has 6 rings (SSSR count). The standard InChI is InChI=1S/C37H43N7O/c1-25-20-26(2)22-28(21-25)34-30(13-16-40-36(41-24-38)44-19-7-8-33(44)27-11-14-39-15-12-27)31-23-29(9-10-32(31)42-34)37(3,4)35(45)43-17-5-6-18-43/h9-12,14-15,20-23,33,42H,5-8,13,16-19H2,1-4H3,(H,40,41). The van der Waals surface area contributed by atoms with Crippen molar-refractivity contribution in [3.63, 3.8) is 0 Å². The lowest BCUT2D eigenvalue weighted by Gasteiger charge is -2.29. The summed E-state index contributed by atoms with van der Waals surface area (Å²) in [6.45, 7) is 11.4. The molecule has 2 N–H and O–H groups in total. The van der Waals surface area contributed by atoms with Gasteiger partial charge in [-0.15, -0.1) is 0 Å². The maximum absolute atomic E-state index is 13.6. The van der Waals surface area contributed by atoms with E-state index >= 15 is 0 Å². The quantitative estimate of drug-likeness (QED) is 0.108. The van der Waals surface area contributed by atoms with Crippen LogP contribution in [0.1, 0.15) is 73.4 Å². The minimum atomic E-state index is -0.632. The number of carbonyl (C=O) groups excluding carboxylic acids is 1. The highest BCUT2D eigenvalue weighted by Crippen LogP contribution is 2.36. The van der Waals surface area contributed by atoms with Gasteiger partial charge in [0.25, 0.3) is 0 Å². The summed E-state index contributed by atoms with van der Waals surface area (Å²) < 4.78 is 0. The Balaban J connectivity index is 1.37. The molecule has 45 heavy (non-hydrogen) atoms. The highest BCUT2D eigenvalue weighted by atomic mass is 16.2. The van der Waals surface area contributed by atoms with E-state index in [0.717, 1.165) is 73.0 Å². The van der Waals surface area contributed by atoms with E-state index in [4.69, 9.17) is 4.99 Å². The number of rotatable bonds is 7. The van der Waals surface area contributed by atoms with Crippen LogP contribution in [0.2, 0.25) is 0 Å². The largest absolute Gasteiger partial charge is 0.354 e. The molecular formula is C37H43N7O. The number of nitrogens with zero attached hydrogens (tertiary/aromatic N) is 5. The molecule has 232 valence electrons. The predicted octanol–water partition coefficient (Wildman–Crippen LogP) is 6.55. The third-order valence-corrected chi connectivity index (χ3v) is 9.47. The molecule has 4 aromatic rings. The number of benzene rings is 2. The summed E-state index contributed by atoms with van der Waals surface area (Å²) in [7, 11) is 0. The number of H-pyrrole nitrogens is 1. The summed E-state index contributed by atoms with van der Waals surface area (Å²) in [5.41, 5.74) is 8.44. The Bertz CT molecular complexity index is 1740. The number of hydrogen-bond donors (Lipinski definition) is 2. The molecule has 8 nitrogen and oxygen atoms in total. The van der Waals surface area contributed by atoms with Crippen molar-refractivity contribution in [3.05, 3.63) is 88.7 Å². The lowest BCUT2D eigenvalue weighted by molar-refractivity contribution is -0.135. The number of nitriles is 1. The van der Waals surface area contributed by atoms with Gasteiger partial charge in [-0.1, -0.05) is 23.3 Å². The molecular weight excluding hydrogens is 558 g/mol. The number of guanidine groups is 1. The van der Waals surface area contributed by atoms with Crippen LogP contribution >= 0.6 is 0 Å². The molecule has 2 aromatic heterocycles. The molecule has 1 amide bonds. The third kappa shape index (κ3) is 6.17. The summed E-state index contributed by atoms with van der Waals surface area (Å²) >= 11 is 0. The average molecular weight is 602 g/mol. The second kappa shape index (κ2) is 12.8. The number of likely N-dealkylation sites (tertiary alicyclic amines) is 2. The van der Waals surface area contributed by atoms with E-state index in [1.165, 1.54) is 22.3 Å². The van der Waals surface area contributed by atoms with Crippen LogP contribution in [-0.4, -0.2) is 57.8 Å². The Morgan fingerprint density at radius 1 is 1.04 bits per heavy atom. The number of nitrogens with one attached hydrogen (secondary N) is 2. The normalized spacial score (nSPS) is 17.2. The monoisotopic (exact) mass is 601 g/mol. The highest BCUT2D eigenvalue weighted by molar-refractivity contribution is 5.94. The van der Waals surface area contributed by atoms with Crippen molar-refractivity contribution >= 4 is 22.8 Å². The van der Waals surface area contributed by atoms with E-state index in [0.29, 0.717) is 18.9 Å². The van der Waals surface area contributed by atoms with Gasteiger partial charge in [0.2, 0.25) is 11.9 Å². The first-order chi connectivity index (χ1) is 21.8. The molecule has 4 heterocycles. The van der Waals surface area contributed by atoms with Gasteiger partial charge in [-0.05, 0) is 118 Å². The van der Waals surface area contributed by atoms with E-state index < -0.39 is 5.41 Å². The van der Waals surface area contributed by atoms with Crippen LogP contribution < -0.4 is 5.32 Å². The number of aliphatic imine (C=N–C) groups is 1. The van der Waals surface area contributed by atoms with Crippen molar-refractivity contribution in [1.82, 2.24) is 25.1 Å². The molecule has 2 aromatic carbocycles. The van der Waals surface area contributed by atoms with Gasteiger partial charge in [-0.3, -0.25) is 20.1 Å². The number of amides is 1. The summed E-state index contributed by atoms with van der Waals surface area (Å²) in [4.78, 5) is 30.7.